The molecule has 2 rings (SSSR count). The van der Waals surface area contributed by atoms with Crippen molar-refractivity contribution in [3.8, 4) is 0 Å². The summed E-state index contributed by atoms with van der Waals surface area (Å²) in [5.74, 6) is 1.67. The van der Waals surface area contributed by atoms with Crippen LogP contribution in [0.1, 0.15) is 39.7 Å². The molecule has 1 aliphatic heterocycles. The third-order valence-corrected chi connectivity index (χ3v) is 3.70. The van der Waals surface area contributed by atoms with E-state index < -0.39 is 0 Å². The van der Waals surface area contributed by atoms with Crippen molar-refractivity contribution in [2.45, 2.75) is 46.2 Å². The van der Waals surface area contributed by atoms with Gasteiger partial charge in [0.1, 0.15) is 5.82 Å². The van der Waals surface area contributed by atoms with Crippen molar-refractivity contribution in [1.82, 2.24) is 10.3 Å². The van der Waals surface area contributed by atoms with Crippen LogP contribution in [0.4, 0.5) is 5.82 Å². The largest absolute Gasteiger partial charge is 0.355 e. The van der Waals surface area contributed by atoms with Crippen molar-refractivity contribution in [1.29, 1.82) is 0 Å². The third kappa shape index (κ3) is 4.08. The van der Waals surface area contributed by atoms with E-state index in [1.807, 2.05) is 12.3 Å². The molecule has 0 saturated carbocycles. The topological polar surface area (TPSA) is 28.2 Å². The molecule has 1 atom stereocenters. The minimum atomic E-state index is 0.107. The molecule has 1 aliphatic rings. The first-order chi connectivity index (χ1) is 8.85. The van der Waals surface area contributed by atoms with E-state index in [1.54, 1.807) is 0 Å². The smallest absolute Gasteiger partial charge is 0.147 e. The molecule has 1 aromatic heterocycles. The Hall–Kier alpha value is -0.800. The number of hydrogen-bond donors (Lipinski definition) is 1. The van der Waals surface area contributed by atoms with Crippen LogP contribution in [0.5, 0.6) is 0 Å². The Morgan fingerprint density at radius 1 is 1.47 bits per heavy atom. The summed E-state index contributed by atoms with van der Waals surface area (Å²) in [5.41, 5.74) is 1.24. The molecule has 3 nitrogen and oxygen atoms in total. The Balaban J connectivity index is 2.05. The lowest BCUT2D eigenvalue weighted by Crippen LogP contribution is -2.35. The van der Waals surface area contributed by atoms with Gasteiger partial charge in [-0.05, 0) is 44.7 Å². The van der Waals surface area contributed by atoms with Crippen LogP contribution in [0, 0.1) is 5.92 Å². The molecule has 1 N–H and O–H groups in total. The molecular weight excluding hydrogens is 258 g/mol. The normalized spacial score (nSPS) is 20.1. The van der Waals surface area contributed by atoms with Gasteiger partial charge in [0.25, 0.3) is 0 Å². The maximum absolute atomic E-state index is 6.38. The van der Waals surface area contributed by atoms with Crippen LogP contribution < -0.4 is 10.2 Å². The van der Waals surface area contributed by atoms with Crippen LogP contribution in [0.3, 0.4) is 0 Å². The first-order valence-electron chi connectivity index (χ1n) is 6.99. The van der Waals surface area contributed by atoms with Crippen LogP contribution >= 0.6 is 11.6 Å². The quantitative estimate of drug-likeness (QED) is 0.920. The summed E-state index contributed by atoms with van der Waals surface area (Å²) >= 11 is 6.38. The number of aromatic nitrogens is 1. The van der Waals surface area contributed by atoms with Crippen molar-refractivity contribution in [3.05, 3.63) is 22.8 Å². The lowest BCUT2D eigenvalue weighted by atomic mass is 10.1. The maximum atomic E-state index is 6.38. The molecule has 1 unspecified atom stereocenters. The van der Waals surface area contributed by atoms with Crippen LogP contribution in [0.15, 0.2) is 12.3 Å². The maximum Gasteiger partial charge on any atom is 0.147 e. The Morgan fingerprint density at radius 2 is 2.21 bits per heavy atom. The van der Waals surface area contributed by atoms with Gasteiger partial charge in [-0.1, -0.05) is 18.5 Å². The van der Waals surface area contributed by atoms with E-state index in [4.69, 9.17) is 11.6 Å². The number of rotatable bonds is 3. The summed E-state index contributed by atoms with van der Waals surface area (Å²) in [6, 6.07) is 2.03. The molecule has 0 bridgehead atoms. The lowest BCUT2D eigenvalue weighted by molar-refractivity contribution is 0.424. The minimum absolute atomic E-state index is 0.107. The summed E-state index contributed by atoms with van der Waals surface area (Å²) in [5, 5.41) is 4.22. The summed E-state index contributed by atoms with van der Waals surface area (Å²) in [4.78, 5) is 6.84. The number of pyridine rings is 1. The number of anilines is 1. The number of nitrogens with zero attached hydrogens (tertiary/aromatic N) is 2. The zero-order chi connectivity index (χ0) is 14.0. The van der Waals surface area contributed by atoms with Gasteiger partial charge < -0.3 is 10.2 Å². The fourth-order valence-corrected chi connectivity index (χ4v) is 2.60. The van der Waals surface area contributed by atoms with Crippen molar-refractivity contribution in [3.63, 3.8) is 0 Å². The van der Waals surface area contributed by atoms with Gasteiger partial charge in [-0.25, -0.2) is 4.98 Å². The average Bonchev–Trinajstić information content (AvgIpc) is 2.72. The van der Waals surface area contributed by atoms with Crippen molar-refractivity contribution < 1.29 is 0 Å². The monoisotopic (exact) mass is 281 g/mol. The zero-order valence-electron chi connectivity index (χ0n) is 12.3. The molecule has 19 heavy (non-hydrogen) atoms. The number of hydrogen-bond acceptors (Lipinski definition) is 3. The highest BCUT2D eigenvalue weighted by Gasteiger charge is 2.22. The van der Waals surface area contributed by atoms with E-state index >= 15 is 0 Å². The number of halogens is 1. The molecule has 1 fully saturated rings. The van der Waals surface area contributed by atoms with Crippen LogP contribution in [-0.4, -0.2) is 23.6 Å². The van der Waals surface area contributed by atoms with Crippen LogP contribution in [-0.2, 0) is 6.54 Å². The predicted octanol–water partition coefficient (Wildman–Crippen LogP) is 3.47. The Bertz CT molecular complexity index is 440. The van der Waals surface area contributed by atoms with E-state index in [2.05, 4.69) is 42.9 Å². The summed E-state index contributed by atoms with van der Waals surface area (Å²) < 4.78 is 0. The van der Waals surface area contributed by atoms with Gasteiger partial charge in [0, 0.05) is 31.4 Å². The molecule has 0 amide bonds. The van der Waals surface area contributed by atoms with Gasteiger partial charge in [0.15, 0.2) is 0 Å². The van der Waals surface area contributed by atoms with Gasteiger partial charge >= 0.3 is 0 Å². The highest BCUT2D eigenvalue weighted by molar-refractivity contribution is 6.33. The fourth-order valence-electron chi connectivity index (χ4n) is 2.29. The third-order valence-electron chi connectivity index (χ3n) is 3.42. The predicted molar refractivity (Wildman–Crippen MR) is 81.8 cm³/mol. The van der Waals surface area contributed by atoms with Gasteiger partial charge in [-0.3, -0.25) is 0 Å². The number of nitrogens with one attached hydrogen (secondary N) is 1. The SMILES string of the molecule is CC1CCN(c2ncc(CNC(C)(C)C)cc2Cl)C1. The Labute approximate surface area is 121 Å². The minimum Gasteiger partial charge on any atom is -0.355 e. The summed E-state index contributed by atoms with van der Waals surface area (Å²) in [6.45, 7) is 11.7. The molecule has 0 spiro atoms. The zero-order valence-corrected chi connectivity index (χ0v) is 13.1. The average molecular weight is 282 g/mol. The molecule has 1 saturated heterocycles. The molecule has 0 aliphatic carbocycles. The van der Waals surface area contributed by atoms with E-state index in [0.717, 1.165) is 42.0 Å². The molecular formula is C15H24ClN3. The first kappa shape index (κ1) is 14.6. The fraction of sp³-hybridized carbons (Fsp3) is 0.667. The molecule has 0 aromatic carbocycles. The van der Waals surface area contributed by atoms with Crippen molar-refractivity contribution in [2.24, 2.45) is 5.92 Å². The van der Waals surface area contributed by atoms with Gasteiger partial charge in [0.2, 0.25) is 0 Å². The first-order valence-corrected chi connectivity index (χ1v) is 7.37. The second kappa shape index (κ2) is 5.68. The van der Waals surface area contributed by atoms with Crippen molar-refractivity contribution in [2.75, 3.05) is 18.0 Å². The summed E-state index contributed by atoms with van der Waals surface area (Å²) in [6.07, 6.45) is 3.16. The van der Waals surface area contributed by atoms with E-state index in [9.17, 15) is 0 Å². The van der Waals surface area contributed by atoms with Gasteiger partial charge in [0.05, 0.1) is 5.02 Å². The second-order valence-electron chi connectivity index (χ2n) is 6.59. The molecule has 2 heterocycles. The second-order valence-corrected chi connectivity index (χ2v) is 7.00. The summed E-state index contributed by atoms with van der Waals surface area (Å²) in [7, 11) is 0. The van der Waals surface area contributed by atoms with E-state index in [0.29, 0.717) is 0 Å². The molecule has 0 radical (unpaired) electrons. The Morgan fingerprint density at radius 3 is 2.74 bits per heavy atom. The lowest BCUT2D eigenvalue weighted by Gasteiger charge is -2.22. The molecule has 106 valence electrons. The molecule has 4 heteroatoms. The van der Waals surface area contributed by atoms with Gasteiger partial charge in [-0.2, -0.15) is 0 Å². The highest BCUT2D eigenvalue weighted by atomic mass is 35.5. The van der Waals surface area contributed by atoms with E-state index in [1.165, 1.54) is 6.42 Å². The molecule has 1 aromatic rings. The highest BCUT2D eigenvalue weighted by Crippen LogP contribution is 2.28. The van der Waals surface area contributed by atoms with Gasteiger partial charge in [-0.15, -0.1) is 0 Å². The standard InChI is InChI=1S/C15H24ClN3/c1-11-5-6-19(10-11)14-13(16)7-12(8-17-14)9-18-15(2,3)4/h7-8,11,18H,5-6,9-10H2,1-4H3. The Kier molecular flexibility index (Phi) is 4.36. The van der Waals surface area contributed by atoms with Crippen LogP contribution in [0.25, 0.3) is 0 Å². The van der Waals surface area contributed by atoms with E-state index in [-0.39, 0.29) is 5.54 Å². The van der Waals surface area contributed by atoms with Crippen molar-refractivity contribution >= 4 is 17.4 Å². The van der Waals surface area contributed by atoms with Crippen LogP contribution in [0.2, 0.25) is 5.02 Å².